The van der Waals surface area contributed by atoms with Crippen LogP contribution in [0.1, 0.15) is 38.2 Å². The molecule has 1 N–H and O–H groups in total. The van der Waals surface area contributed by atoms with E-state index in [1.54, 1.807) is 30.3 Å². The second-order valence-corrected chi connectivity index (χ2v) is 7.87. The first-order valence-corrected chi connectivity index (χ1v) is 9.77. The van der Waals surface area contributed by atoms with Crippen LogP contribution in [0, 0.1) is 5.92 Å². The lowest BCUT2D eigenvalue weighted by Crippen LogP contribution is -2.54. The topological polar surface area (TPSA) is 101 Å². The molecule has 1 saturated heterocycles. The summed E-state index contributed by atoms with van der Waals surface area (Å²) in [6.07, 6.45) is 2.51. The van der Waals surface area contributed by atoms with Crippen molar-refractivity contribution in [1.82, 2.24) is 4.31 Å². The third-order valence-electron chi connectivity index (χ3n) is 4.34. The van der Waals surface area contributed by atoms with Crippen molar-refractivity contribution < 1.29 is 27.9 Å². The molecule has 0 aromatic heterocycles. The molecular weight excluding hydrogens is 346 g/mol. The number of carboxylic acids is 1. The van der Waals surface area contributed by atoms with Gasteiger partial charge in [0.2, 0.25) is 0 Å². The van der Waals surface area contributed by atoms with Crippen molar-refractivity contribution in [2.24, 2.45) is 5.92 Å². The van der Waals surface area contributed by atoms with Crippen LogP contribution in [0.15, 0.2) is 30.3 Å². The van der Waals surface area contributed by atoms with Crippen molar-refractivity contribution in [3.8, 4) is 0 Å². The molecule has 2 unspecified atom stereocenters. The lowest BCUT2D eigenvalue weighted by Gasteiger charge is -2.36. The van der Waals surface area contributed by atoms with Gasteiger partial charge in [-0.05, 0) is 30.7 Å². The summed E-state index contributed by atoms with van der Waals surface area (Å²) in [7, 11) is -4.49. The van der Waals surface area contributed by atoms with Crippen LogP contribution in [-0.2, 0) is 26.2 Å². The highest BCUT2D eigenvalue weighted by molar-refractivity contribution is 8.03. The Morgan fingerprint density at radius 3 is 2.56 bits per heavy atom. The molecule has 8 heteroatoms. The molecule has 1 aliphatic heterocycles. The van der Waals surface area contributed by atoms with E-state index in [1.807, 2.05) is 6.92 Å². The largest absolute Gasteiger partial charge is 0.480 e. The predicted molar refractivity (Wildman–Crippen MR) is 91.3 cm³/mol. The van der Waals surface area contributed by atoms with E-state index in [2.05, 4.69) is 0 Å². The second kappa shape index (κ2) is 8.44. The fourth-order valence-electron chi connectivity index (χ4n) is 3.20. The SMILES string of the molecule is CCCC1CCCN(S(=O)(=O)C(=O)OCc2ccccc2)C1C(=O)O. The molecule has 2 atom stereocenters. The number of piperidine rings is 1. The Balaban J connectivity index is 2.14. The molecule has 0 radical (unpaired) electrons. The normalized spacial score (nSPS) is 21.6. The van der Waals surface area contributed by atoms with Crippen LogP contribution in [-0.4, -0.2) is 41.7 Å². The highest BCUT2D eigenvalue weighted by Gasteiger charge is 2.45. The molecule has 0 saturated carbocycles. The van der Waals surface area contributed by atoms with Gasteiger partial charge in [-0.15, -0.1) is 0 Å². The summed E-state index contributed by atoms with van der Waals surface area (Å²) in [5.41, 5.74) is 0.656. The number of sulfonamides is 1. The Kier molecular flexibility index (Phi) is 6.55. The van der Waals surface area contributed by atoms with Crippen LogP contribution >= 0.6 is 0 Å². The first kappa shape index (κ1) is 19.4. The van der Waals surface area contributed by atoms with E-state index in [0.29, 0.717) is 24.8 Å². The van der Waals surface area contributed by atoms with Gasteiger partial charge >= 0.3 is 21.3 Å². The fraction of sp³-hybridized carbons (Fsp3) is 0.529. The molecular formula is C17H23NO6S. The van der Waals surface area contributed by atoms with Crippen LogP contribution in [0.25, 0.3) is 0 Å². The van der Waals surface area contributed by atoms with E-state index in [-0.39, 0.29) is 19.1 Å². The smallest absolute Gasteiger partial charge is 0.440 e. The zero-order valence-electron chi connectivity index (χ0n) is 14.1. The fourth-order valence-corrected chi connectivity index (χ4v) is 4.53. The van der Waals surface area contributed by atoms with Crippen molar-refractivity contribution in [3.63, 3.8) is 0 Å². The van der Waals surface area contributed by atoms with Crippen LogP contribution in [0.5, 0.6) is 0 Å². The first-order chi connectivity index (χ1) is 11.9. The summed E-state index contributed by atoms with van der Waals surface area (Å²) in [6.45, 7) is 1.75. The molecule has 0 aliphatic carbocycles. The molecule has 0 spiro atoms. The average Bonchev–Trinajstić information content (AvgIpc) is 2.60. The lowest BCUT2D eigenvalue weighted by atomic mass is 9.87. The second-order valence-electron chi connectivity index (χ2n) is 6.11. The molecule has 1 heterocycles. The maximum Gasteiger partial charge on any atom is 0.440 e. The quantitative estimate of drug-likeness (QED) is 0.774. The number of carboxylic acid groups (broad SMARTS) is 1. The summed E-state index contributed by atoms with van der Waals surface area (Å²) in [4.78, 5) is 23.8. The van der Waals surface area contributed by atoms with Gasteiger partial charge in [0, 0.05) is 6.54 Å². The van der Waals surface area contributed by atoms with Crippen molar-refractivity contribution >= 4 is 21.3 Å². The zero-order valence-corrected chi connectivity index (χ0v) is 14.9. The molecule has 25 heavy (non-hydrogen) atoms. The molecule has 138 valence electrons. The Morgan fingerprint density at radius 2 is 1.96 bits per heavy atom. The summed E-state index contributed by atoms with van der Waals surface area (Å²) in [6, 6.07) is 7.48. The maximum atomic E-state index is 12.6. The summed E-state index contributed by atoms with van der Waals surface area (Å²) in [5.74, 6) is -1.52. The molecule has 1 aromatic carbocycles. The van der Waals surface area contributed by atoms with E-state index in [1.165, 1.54) is 0 Å². The maximum absolute atomic E-state index is 12.6. The number of carbonyl (C=O) groups excluding carboxylic acids is 1. The highest BCUT2D eigenvalue weighted by atomic mass is 32.2. The molecule has 0 bridgehead atoms. The zero-order chi connectivity index (χ0) is 18.4. The number of benzene rings is 1. The van der Waals surface area contributed by atoms with Crippen molar-refractivity contribution in [2.75, 3.05) is 6.54 Å². The van der Waals surface area contributed by atoms with Crippen LogP contribution in [0.2, 0.25) is 0 Å². The van der Waals surface area contributed by atoms with Gasteiger partial charge in [0.05, 0.1) is 0 Å². The van der Waals surface area contributed by atoms with Gasteiger partial charge in [-0.2, -0.15) is 12.7 Å². The van der Waals surface area contributed by atoms with E-state index in [0.717, 1.165) is 10.7 Å². The van der Waals surface area contributed by atoms with Gasteiger partial charge in [-0.3, -0.25) is 4.79 Å². The minimum absolute atomic E-state index is 0.0138. The van der Waals surface area contributed by atoms with Crippen LogP contribution in [0.3, 0.4) is 0 Å². The molecule has 2 rings (SSSR count). The van der Waals surface area contributed by atoms with Gasteiger partial charge in [-0.25, -0.2) is 4.79 Å². The molecule has 1 aromatic rings. The summed E-state index contributed by atoms with van der Waals surface area (Å²) < 4.78 is 30.8. The minimum atomic E-state index is -4.49. The van der Waals surface area contributed by atoms with Gasteiger partial charge in [0.1, 0.15) is 12.6 Å². The highest BCUT2D eigenvalue weighted by Crippen LogP contribution is 2.30. The molecule has 7 nitrogen and oxygen atoms in total. The van der Waals surface area contributed by atoms with Gasteiger partial charge < -0.3 is 9.84 Å². The summed E-state index contributed by atoms with van der Waals surface area (Å²) in [5, 5.41) is 8.10. The van der Waals surface area contributed by atoms with Gasteiger partial charge in [0.15, 0.2) is 0 Å². The Morgan fingerprint density at radius 1 is 1.28 bits per heavy atom. The first-order valence-electron chi connectivity index (χ1n) is 8.33. The van der Waals surface area contributed by atoms with Crippen molar-refractivity contribution in [3.05, 3.63) is 35.9 Å². The third kappa shape index (κ3) is 4.58. The average molecular weight is 369 g/mol. The number of nitrogens with zero attached hydrogens (tertiary/aromatic N) is 1. The van der Waals surface area contributed by atoms with E-state index in [4.69, 9.17) is 4.74 Å². The monoisotopic (exact) mass is 369 g/mol. The predicted octanol–water partition coefficient (Wildman–Crippen LogP) is 2.62. The van der Waals surface area contributed by atoms with E-state index in [9.17, 15) is 23.1 Å². The standard InChI is InChI=1S/C17H23NO6S/c1-2-7-14-10-6-11-18(15(14)16(19)20)25(22,23)17(21)24-12-13-8-4-3-5-9-13/h3-5,8-9,14-15H,2,6-7,10-12H2,1H3,(H,19,20). The van der Waals surface area contributed by atoms with Crippen LogP contribution < -0.4 is 0 Å². The number of aliphatic carboxylic acids is 1. The van der Waals surface area contributed by atoms with Gasteiger partial charge in [-0.1, -0.05) is 43.7 Å². The number of carbonyl (C=O) groups is 2. The lowest BCUT2D eigenvalue weighted by molar-refractivity contribution is -0.144. The number of hydrogen-bond acceptors (Lipinski definition) is 5. The van der Waals surface area contributed by atoms with Gasteiger partial charge in [0.25, 0.3) is 0 Å². The Labute approximate surface area is 147 Å². The molecule has 0 amide bonds. The number of hydrogen-bond donors (Lipinski definition) is 1. The van der Waals surface area contributed by atoms with Crippen molar-refractivity contribution in [2.45, 2.75) is 45.3 Å². The number of rotatable bonds is 6. The van der Waals surface area contributed by atoms with E-state index < -0.39 is 27.3 Å². The molecule has 1 aliphatic rings. The Hall–Kier alpha value is -1.93. The number of ether oxygens (including phenoxy) is 1. The van der Waals surface area contributed by atoms with Crippen LogP contribution in [0.4, 0.5) is 4.79 Å². The third-order valence-corrected chi connectivity index (χ3v) is 5.91. The van der Waals surface area contributed by atoms with E-state index >= 15 is 0 Å². The molecule has 1 fully saturated rings. The Bertz CT molecular complexity index is 701. The van der Waals surface area contributed by atoms with Crippen molar-refractivity contribution in [1.29, 1.82) is 0 Å². The summed E-state index contributed by atoms with van der Waals surface area (Å²) >= 11 is 0. The minimum Gasteiger partial charge on any atom is -0.480 e.